The molecule has 1 aliphatic heterocycles. The Bertz CT molecular complexity index is 748. The van der Waals surface area contributed by atoms with E-state index in [1.54, 1.807) is 7.11 Å². The van der Waals surface area contributed by atoms with E-state index < -0.39 is 0 Å². The van der Waals surface area contributed by atoms with Crippen molar-refractivity contribution in [1.82, 2.24) is 4.90 Å². The molecule has 0 saturated carbocycles. The van der Waals surface area contributed by atoms with Gasteiger partial charge in [0.2, 0.25) is 0 Å². The summed E-state index contributed by atoms with van der Waals surface area (Å²) in [5.41, 5.74) is 2.44. The number of methoxy groups -OCH3 is 1. The summed E-state index contributed by atoms with van der Waals surface area (Å²) in [6.07, 6.45) is 6.46. The lowest BCUT2D eigenvalue weighted by Gasteiger charge is -2.26. The average molecular weight is 370 g/mol. The van der Waals surface area contributed by atoms with E-state index in [0.717, 1.165) is 29.9 Å². The Morgan fingerprint density at radius 2 is 1.81 bits per heavy atom. The van der Waals surface area contributed by atoms with E-state index in [1.165, 1.54) is 61.8 Å². The molecule has 0 spiro atoms. The second-order valence-corrected chi connectivity index (χ2v) is 8.14. The third kappa shape index (κ3) is 4.95. The summed E-state index contributed by atoms with van der Waals surface area (Å²) in [6.45, 7) is 11.1. The van der Waals surface area contributed by atoms with Crippen LogP contribution in [0.4, 0.5) is 0 Å². The lowest BCUT2D eigenvalue weighted by Crippen LogP contribution is -2.30. The lowest BCUT2D eigenvalue weighted by atomic mass is 9.96. The molecule has 3 nitrogen and oxygen atoms in total. The van der Waals surface area contributed by atoms with E-state index in [9.17, 15) is 0 Å². The van der Waals surface area contributed by atoms with Gasteiger partial charge >= 0.3 is 0 Å². The molecule has 0 N–H and O–H groups in total. The lowest BCUT2D eigenvalue weighted by molar-refractivity contribution is 0.216. The first-order chi connectivity index (χ1) is 13.1. The molecule has 3 rings (SSSR count). The third-order valence-electron chi connectivity index (χ3n) is 5.70. The number of rotatable bonds is 8. The summed E-state index contributed by atoms with van der Waals surface area (Å²) in [5, 5.41) is 2.39. The number of piperidine rings is 1. The number of aryl methyl sites for hydroxylation is 1. The van der Waals surface area contributed by atoms with Crippen molar-refractivity contribution in [2.45, 2.75) is 58.8 Å². The summed E-state index contributed by atoms with van der Waals surface area (Å²) in [4.78, 5) is 2.60. The molecule has 148 valence electrons. The number of likely N-dealkylation sites (tertiary alicyclic amines) is 1. The first kappa shape index (κ1) is 20.0. The van der Waals surface area contributed by atoms with Gasteiger partial charge in [0.25, 0.3) is 0 Å². The minimum Gasteiger partial charge on any atom is -0.496 e. The summed E-state index contributed by atoms with van der Waals surface area (Å²) in [7, 11) is 1.75. The molecule has 0 bridgehead atoms. The molecule has 27 heavy (non-hydrogen) atoms. The fourth-order valence-electron chi connectivity index (χ4n) is 4.07. The van der Waals surface area contributed by atoms with Gasteiger partial charge in [0, 0.05) is 5.39 Å². The van der Waals surface area contributed by atoms with Gasteiger partial charge in [0.15, 0.2) is 0 Å². The van der Waals surface area contributed by atoms with Crippen LogP contribution in [-0.2, 0) is 0 Å². The van der Waals surface area contributed by atoms with E-state index in [0.29, 0.717) is 5.92 Å². The highest BCUT2D eigenvalue weighted by molar-refractivity contribution is 5.91. The van der Waals surface area contributed by atoms with Crippen molar-refractivity contribution in [2.75, 3.05) is 33.4 Å². The van der Waals surface area contributed by atoms with Crippen LogP contribution in [0.15, 0.2) is 24.3 Å². The monoisotopic (exact) mass is 369 g/mol. The van der Waals surface area contributed by atoms with Crippen LogP contribution in [0.2, 0.25) is 0 Å². The van der Waals surface area contributed by atoms with Gasteiger partial charge in [0.05, 0.1) is 13.7 Å². The van der Waals surface area contributed by atoms with Crippen LogP contribution in [0.5, 0.6) is 11.5 Å². The number of hydrogen-bond acceptors (Lipinski definition) is 3. The fourth-order valence-corrected chi connectivity index (χ4v) is 4.07. The Morgan fingerprint density at radius 3 is 2.52 bits per heavy atom. The molecule has 2 aromatic rings. The maximum atomic E-state index is 6.27. The summed E-state index contributed by atoms with van der Waals surface area (Å²) in [6, 6.07) is 8.77. The summed E-state index contributed by atoms with van der Waals surface area (Å²) < 4.78 is 11.9. The Morgan fingerprint density at radius 1 is 1.04 bits per heavy atom. The van der Waals surface area contributed by atoms with Gasteiger partial charge in [-0.05, 0) is 86.8 Å². The zero-order chi connectivity index (χ0) is 19.2. The van der Waals surface area contributed by atoms with Gasteiger partial charge in [-0.2, -0.15) is 0 Å². The molecule has 1 saturated heterocycles. The molecule has 1 fully saturated rings. The van der Waals surface area contributed by atoms with Crippen LogP contribution in [-0.4, -0.2) is 38.3 Å². The molecule has 1 heterocycles. The van der Waals surface area contributed by atoms with Crippen molar-refractivity contribution in [3.63, 3.8) is 0 Å². The average Bonchev–Trinajstić information content (AvgIpc) is 2.68. The Hall–Kier alpha value is -1.74. The van der Waals surface area contributed by atoms with Crippen LogP contribution < -0.4 is 9.47 Å². The van der Waals surface area contributed by atoms with Gasteiger partial charge in [-0.25, -0.2) is 0 Å². The standard InChI is InChI=1S/C24H35NO2/c1-18(2)21-16-20-11-10-19(3)24(22(20)17-23(21)26-4)27-15-9-8-14-25-12-6-5-7-13-25/h10-11,16-18H,5-9,12-15H2,1-4H3. The zero-order valence-corrected chi connectivity index (χ0v) is 17.5. The molecule has 3 heteroatoms. The minimum absolute atomic E-state index is 0.435. The van der Waals surface area contributed by atoms with Crippen molar-refractivity contribution in [3.8, 4) is 11.5 Å². The maximum Gasteiger partial charge on any atom is 0.130 e. The number of nitrogens with zero attached hydrogens (tertiary/aromatic N) is 1. The van der Waals surface area contributed by atoms with Crippen molar-refractivity contribution in [2.24, 2.45) is 0 Å². The summed E-state index contributed by atoms with van der Waals surface area (Å²) in [5.74, 6) is 2.40. The van der Waals surface area contributed by atoms with Crippen molar-refractivity contribution >= 4 is 10.8 Å². The van der Waals surface area contributed by atoms with Crippen molar-refractivity contribution in [1.29, 1.82) is 0 Å². The fraction of sp³-hybridized carbons (Fsp3) is 0.583. The molecule has 0 unspecified atom stereocenters. The molecular formula is C24H35NO2. The minimum atomic E-state index is 0.435. The quantitative estimate of drug-likeness (QED) is 0.539. The number of ether oxygens (including phenoxy) is 2. The van der Waals surface area contributed by atoms with Crippen LogP contribution in [0.25, 0.3) is 10.8 Å². The SMILES string of the molecule is COc1cc2c(OCCCCN3CCCCC3)c(C)ccc2cc1C(C)C. The Kier molecular flexibility index (Phi) is 7.01. The highest BCUT2D eigenvalue weighted by atomic mass is 16.5. The predicted molar refractivity (Wildman–Crippen MR) is 114 cm³/mol. The highest BCUT2D eigenvalue weighted by Crippen LogP contribution is 2.37. The largest absolute Gasteiger partial charge is 0.496 e. The first-order valence-electron chi connectivity index (χ1n) is 10.6. The molecule has 2 aromatic carbocycles. The molecule has 0 aliphatic carbocycles. The van der Waals surface area contributed by atoms with Gasteiger partial charge in [-0.15, -0.1) is 0 Å². The number of hydrogen-bond donors (Lipinski definition) is 0. The molecule has 0 radical (unpaired) electrons. The van der Waals surface area contributed by atoms with E-state index in [2.05, 4.69) is 49.9 Å². The number of benzene rings is 2. The predicted octanol–water partition coefficient (Wildman–Crippen LogP) is 5.93. The van der Waals surface area contributed by atoms with Crippen molar-refractivity contribution in [3.05, 3.63) is 35.4 Å². The Labute approximate surface area is 164 Å². The van der Waals surface area contributed by atoms with Gasteiger partial charge in [-0.3, -0.25) is 0 Å². The molecule has 0 aromatic heterocycles. The Balaban J connectivity index is 1.66. The third-order valence-corrected chi connectivity index (χ3v) is 5.70. The van der Waals surface area contributed by atoms with E-state index in [1.807, 2.05) is 0 Å². The van der Waals surface area contributed by atoms with Crippen LogP contribution in [0.3, 0.4) is 0 Å². The summed E-state index contributed by atoms with van der Waals surface area (Å²) >= 11 is 0. The smallest absolute Gasteiger partial charge is 0.130 e. The van der Waals surface area contributed by atoms with E-state index >= 15 is 0 Å². The van der Waals surface area contributed by atoms with Crippen LogP contribution >= 0.6 is 0 Å². The number of unbranched alkanes of at least 4 members (excludes halogenated alkanes) is 1. The van der Waals surface area contributed by atoms with Crippen LogP contribution in [0.1, 0.15) is 63.0 Å². The normalized spacial score (nSPS) is 15.4. The van der Waals surface area contributed by atoms with Gasteiger partial charge < -0.3 is 14.4 Å². The zero-order valence-electron chi connectivity index (χ0n) is 17.5. The second-order valence-electron chi connectivity index (χ2n) is 8.14. The van der Waals surface area contributed by atoms with E-state index in [4.69, 9.17) is 9.47 Å². The second kappa shape index (κ2) is 9.45. The molecule has 0 amide bonds. The van der Waals surface area contributed by atoms with Gasteiger partial charge in [0.1, 0.15) is 11.5 Å². The molecular weight excluding hydrogens is 334 g/mol. The molecule has 1 aliphatic rings. The maximum absolute atomic E-state index is 6.27. The highest BCUT2D eigenvalue weighted by Gasteiger charge is 2.14. The van der Waals surface area contributed by atoms with E-state index in [-0.39, 0.29) is 0 Å². The van der Waals surface area contributed by atoms with Crippen LogP contribution in [0, 0.1) is 6.92 Å². The van der Waals surface area contributed by atoms with Crippen molar-refractivity contribution < 1.29 is 9.47 Å². The topological polar surface area (TPSA) is 21.7 Å². The number of fused-ring (bicyclic) bond motifs is 1. The van der Waals surface area contributed by atoms with Gasteiger partial charge in [-0.1, -0.05) is 32.4 Å². The molecule has 0 atom stereocenters. The first-order valence-corrected chi connectivity index (χ1v) is 10.6.